The summed E-state index contributed by atoms with van der Waals surface area (Å²) in [7, 11) is 0. The first-order chi connectivity index (χ1) is 26.2. The monoisotopic (exact) mass is 768 g/mol. The number of piperazine rings is 1. The molecular weight excluding hydrogens is 728 g/mol. The van der Waals surface area contributed by atoms with Crippen LogP contribution in [0.5, 0.6) is 11.5 Å². The molecule has 1 atom stereocenters. The van der Waals surface area contributed by atoms with Gasteiger partial charge in [-0.2, -0.15) is 5.26 Å². The van der Waals surface area contributed by atoms with Gasteiger partial charge in [0.25, 0.3) is 17.7 Å². The molecule has 15 nitrogen and oxygen atoms in total. The van der Waals surface area contributed by atoms with Crippen molar-refractivity contribution in [2.24, 2.45) is 10.8 Å². The average Bonchev–Trinajstić information content (AvgIpc) is 3.41. The summed E-state index contributed by atoms with van der Waals surface area (Å²) in [4.78, 5) is 77.6. The summed E-state index contributed by atoms with van der Waals surface area (Å²) in [6.07, 6.45) is 3.01. The largest absolute Gasteiger partial charge is 0.492 e. The van der Waals surface area contributed by atoms with Crippen LogP contribution in [0, 0.1) is 22.2 Å². The number of aromatic nitrogens is 2. The summed E-state index contributed by atoms with van der Waals surface area (Å²) < 4.78 is 12.3. The number of anilines is 1. The number of imide groups is 2. The molecular formula is C39H41ClN8O7. The number of fused-ring (bicyclic) bond motifs is 1. The number of rotatable bonds is 10. The molecule has 1 unspecified atom stereocenters. The van der Waals surface area contributed by atoms with Gasteiger partial charge in [-0.05, 0) is 36.8 Å². The van der Waals surface area contributed by atoms with Crippen molar-refractivity contribution in [2.75, 3.05) is 44.2 Å². The summed E-state index contributed by atoms with van der Waals surface area (Å²) in [6, 6.07) is 10.5. The first-order valence-electron chi connectivity index (χ1n) is 18.1. The van der Waals surface area contributed by atoms with E-state index in [4.69, 9.17) is 21.1 Å². The van der Waals surface area contributed by atoms with Crippen LogP contribution in [0.2, 0.25) is 5.02 Å². The molecule has 0 spiro atoms. The Balaban J connectivity index is 0.869. The second kappa shape index (κ2) is 14.6. The zero-order valence-corrected chi connectivity index (χ0v) is 31.7. The molecule has 2 aromatic carbocycles. The van der Waals surface area contributed by atoms with Crippen molar-refractivity contribution in [3.05, 3.63) is 76.1 Å². The summed E-state index contributed by atoms with van der Waals surface area (Å²) in [5, 5.41) is 14.9. The maximum absolute atomic E-state index is 13.4. The molecule has 3 aliphatic heterocycles. The third kappa shape index (κ3) is 7.07. The van der Waals surface area contributed by atoms with Gasteiger partial charge in [0.05, 0.1) is 27.3 Å². The maximum Gasteiger partial charge on any atom is 0.262 e. The molecule has 55 heavy (non-hydrogen) atoms. The Hall–Kier alpha value is -5.59. The lowest BCUT2D eigenvalue weighted by Crippen LogP contribution is -2.74. The van der Waals surface area contributed by atoms with E-state index in [0.717, 1.165) is 18.0 Å². The van der Waals surface area contributed by atoms with Crippen LogP contribution >= 0.6 is 11.6 Å². The van der Waals surface area contributed by atoms with E-state index in [1.54, 1.807) is 36.7 Å². The molecule has 3 fully saturated rings. The molecule has 5 amide bonds. The summed E-state index contributed by atoms with van der Waals surface area (Å²) in [6.45, 7) is 12.0. The van der Waals surface area contributed by atoms with Crippen molar-refractivity contribution in [3.63, 3.8) is 0 Å². The van der Waals surface area contributed by atoms with Crippen molar-refractivity contribution in [1.29, 1.82) is 5.26 Å². The SMILES string of the molecule is CC1(C)[C@H](NC(=O)c2cnc(N3CCN(CCOc4ccc5c(c4)C(=O)N(C4CCC(=O)NC4=O)C5=O)CC3)nc2)C(C)(C)[C@H]1Oc1ccc(C#N)c(Cl)c1. The Labute approximate surface area is 322 Å². The first-order valence-corrected chi connectivity index (χ1v) is 18.5. The van der Waals surface area contributed by atoms with Gasteiger partial charge in [0.2, 0.25) is 17.8 Å². The molecule has 1 aliphatic carbocycles. The number of amides is 5. The van der Waals surface area contributed by atoms with Crippen LogP contribution in [0.3, 0.4) is 0 Å². The molecule has 3 aromatic rings. The number of halogens is 1. The van der Waals surface area contributed by atoms with Crippen LogP contribution in [0.25, 0.3) is 0 Å². The number of hydrogen-bond donors (Lipinski definition) is 2. The van der Waals surface area contributed by atoms with Crippen LogP contribution < -0.4 is 25.0 Å². The minimum absolute atomic E-state index is 0.0572. The Bertz CT molecular complexity index is 2090. The van der Waals surface area contributed by atoms with Gasteiger partial charge in [-0.1, -0.05) is 39.3 Å². The van der Waals surface area contributed by atoms with Crippen molar-refractivity contribution in [2.45, 2.75) is 58.7 Å². The molecule has 0 bridgehead atoms. The van der Waals surface area contributed by atoms with Crippen LogP contribution in [-0.2, 0) is 9.59 Å². The van der Waals surface area contributed by atoms with E-state index in [2.05, 4.69) is 30.4 Å². The van der Waals surface area contributed by atoms with Crippen LogP contribution in [0.15, 0.2) is 48.8 Å². The third-order valence-corrected chi connectivity index (χ3v) is 11.4. The minimum Gasteiger partial charge on any atom is -0.492 e. The quantitative estimate of drug-likeness (QED) is 0.287. The molecule has 1 saturated carbocycles. The van der Waals surface area contributed by atoms with Crippen molar-refractivity contribution >= 4 is 47.1 Å². The Morgan fingerprint density at radius 3 is 2.29 bits per heavy atom. The lowest BCUT2D eigenvalue weighted by Gasteiger charge is -2.63. The third-order valence-electron chi connectivity index (χ3n) is 11.1. The number of piperidine rings is 1. The highest BCUT2D eigenvalue weighted by Crippen LogP contribution is 2.55. The Kier molecular flexibility index (Phi) is 9.99. The fourth-order valence-corrected chi connectivity index (χ4v) is 8.63. The molecule has 0 radical (unpaired) electrons. The molecule has 2 N–H and O–H groups in total. The number of nitrogens with zero attached hydrogens (tertiary/aromatic N) is 6. The van der Waals surface area contributed by atoms with E-state index < -0.39 is 40.5 Å². The number of nitrogens with one attached hydrogen (secondary N) is 2. The van der Waals surface area contributed by atoms with Gasteiger partial charge in [-0.3, -0.25) is 39.1 Å². The van der Waals surface area contributed by atoms with Gasteiger partial charge in [-0.25, -0.2) is 9.97 Å². The van der Waals surface area contributed by atoms with Gasteiger partial charge in [0.1, 0.15) is 36.3 Å². The molecule has 7 rings (SSSR count). The topological polar surface area (TPSA) is 187 Å². The van der Waals surface area contributed by atoms with Crippen LogP contribution in [-0.4, -0.2) is 107 Å². The average molecular weight is 769 g/mol. The van der Waals surface area contributed by atoms with E-state index in [1.165, 1.54) is 12.1 Å². The Morgan fingerprint density at radius 2 is 1.64 bits per heavy atom. The highest BCUT2D eigenvalue weighted by molar-refractivity contribution is 6.31. The maximum atomic E-state index is 13.4. The van der Waals surface area contributed by atoms with Crippen LogP contribution in [0.1, 0.15) is 77.2 Å². The number of hydrogen-bond acceptors (Lipinski definition) is 12. The predicted molar refractivity (Wildman–Crippen MR) is 199 cm³/mol. The smallest absolute Gasteiger partial charge is 0.262 e. The summed E-state index contributed by atoms with van der Waals surface area (Å²) >= 11 is 6.22. The van der Waals surface area contributed by atoms with E-state index >= 15 is 0 Å². The van der Waals surface area contributed by atoms with Gasteiger partial charge in [0.15, 0.2) is 0 Å². The normalized spacial score (nSPS) is 23.0. The molecule has 2 saturated heterocycles. The molecule has 1 aromatic heterocycles. The standard InChI is InChI=1S/C39H41ClN8O7/c1-38(2)35(39(3,4)36(38)55-25-6-5-22(19-41)28(40)18-25)45-31(50)23-20-42-37(43-21-23)47-13-11-46(12-14-47)15-16-54-24-7-8-26-27(17-24)34(53)48(33(26)52)29-9-10-30(49)44-32(29)51/h5-8,17-18,20-21,29,35-36H,9-16H2,1-4H3,(H,45,50)(H,44,49,51)/t29?,35-,36-. The van der Waals surface area contributed by atoms with Crippen LogP contribution in [0.4, 0.5) is 5.95 Å². The van der Waals surface area contributed by atoms with E-state index in [9.17, 15) is 29.2 Å². The molecule has 286 valence electrons. The highest BCUT2D eigenvalue weighted by Gasteiger charge is 2.64. The summed E-state index contributed by atoms with van der Waals surface area (Å²) in [5.41, 5.74) is 0.288. The second-order valence-corrected chi connectivity index (χ2v) is 15.8. The number of carbonyl (C=O) groups is 5. The van der Waals surface area contributed by atoms with E-state index in [1.807, 2.05) is 33.8 Å². The number of carbonyl (C=O) groups excluding carboxylic acids is 5. The number of ether oxygens (including phenoxy) is 2. The number of nitriles is 1. The summed E-state index contributed by atoms with van der Waals surface area (Å²) in [5.74, 6) is -0.944. The van der Waals surface area contributed by atoms with Gasteiger partial charge in [0, 0.05) is 74.5 Å². The van der Waals surface area contributed by atoms with Gasteiger partial charge < -0.3 is 19.7 Å². The zero-order valence-electron chi connectivity index (χ0n) is 30.9. The Morgan fingerprint density at radius 1 is 0.964 bits per heavy atom. The van der Waals surface area contributed by atoms with Gasteiger partial charge >= 0.3 is 0 Å². The molecule has 16 heteroatoms. The number of benzene rings is 2. The first kappa shape index (κ1) is 37.7. The predicted octanol–water partition coefficient (Wildman–Crippen LogP) is 3.22. The minimum atomic E-state index is -1.02. The van der Waals surface area contributed by atoms with Crippen molar-refractivity contribution < 1.29 is 33.4 Å². The fourth-order valence-electron chi connectivity index (χ4n) is 8.42. The molecule has 4 heterocycles. The second-order valence-electron chi connectivity index (χ2n) is 15.4. The highest BCUT2D eigenvalue weighted by atomic mass is 35.5. The van der Waals surface area contributed by atoms with Crippen molar-refractivity contribution in [1.82, 2.24) is 30.4 Å². The fraction of sp³-hybridized carbons (Fsp3) is 0.436. The van der Waals surface area contributed by atoms with Crippen molar-refractivity contribution in [3.8, 4) is 17.6 Å². The lowest BCUT2D eigenvalue weighted by molar-refractivity contribution is -0.164. The zero-order chi connectivity index (χ0) is 39.2. The molecule has 4 aliphatic rings. The van der Waals surface area contributed by atoms with E-state index in [-0.39, 0.29) is 42.0 Å². The van der Waals surface area contributed by atoms with E-state index in [0.29, 0.717) is 59.8 Å². The van der Waals surface area contributed by atoms with Gasteiger partial charge in [-0.15, -0.1) is 0 Å². The lowest BCUT2D eigenvalue weighted by atomic mass is 9.49.